The summed E-state index contributed by atoms with van der Waals surface area (Å²) in [5.74, 6) is 0.228. The Morgan fingerprint density at radius 3 is 2.59 bits per heavy atom. The van der Waals surface area contributed by atoms with Crippen LogP contribution in [0.15, 0.2) is 11.3 Å². The van der Waals surface area contributed by atoms with Crippen LogP contribution in [0.2, 0.25) is 0 Å². The first-order valence-corrected chi connectivity index (χ1v) is 6.81. The quantitative estimate of drug-likeness (QED) is 0.687. The topological polar surface area (TPSA) is 37.4 Å². The van der Waals surface area contributed by atoms with Gasteiger partial charge in [-0.1, -0.05) is 6.42 Å². The highest BCUT2D eigenvalue weighted by Gasteiger charge is 2.36. The lowest BCUT2D eigenvalue weighted by Gasteiger charge is -2.30. The van der Waals surface area contributed by atoms with Gasteiger partial charge in [0.15, 0.2) is 0 Å². The van der Waals surface area contributed by atoms with Gasteiger partial charge in [0.05, 0.1) is 0 Å². The normalized spacial score (nSPS) is 26.0. The molecule has 17 heavy (non-hydrogen) atoms. The van der Waals surface area contributed by atoms with E-state index in [1.807, 2.05) is 4.90 Å². The fraction of sp³-hybridized carbons (Fsp3) is 0.714. The molecule has 0 aromatic heterocycles. The van der Waals surface area contributed by atoms with Crippen molar-refractivity contribution in [1.29, 1.82) is 0 Å². The molecule has 0 aromatic rings. The van der Waals surface area contributed by atoms with Crippen molar-refractivity contribution >= 4 is 11.7 Å². The zero-order valence-electron chi connectivity index (χ0n) is 10.2. The van der Waals surface area contributed by atoms with Gasteiger partial charge >= 0.3 is 0 Å². The van der Waals surface area contributed by atoms with E-state index in [1.165, 1.54) is 43.4 Å². The van der Waals surface area contributed by atoms with Crippen LogP contribution in [0.3, 0.4) is 0 Å². The highest BCUT2D eigenvalue weighted by atomic mass is 16.2. The van der Waals surface area contributed by atoms with E-state index >= 15 is 0 Å². The monoisotopic (exact) mass is 233 g/mol. The molecule has 0 radical (unpaired) electrons. The predicted molar refractivity (Wildman–Crippen MR) is 64.2 cm³/mol. The number of allylic oxidation sites excluding steroid dienone is 2. The first kappa shape index (κ1) is 11.0. The molecular weight excluding hydrogens is 214 g/mol. The summed E-state index contributed by atoms with van der Waals surface area (Å²) in [5.41, 5.74) is 2.46. The maximum Gasteiger partial charge on any atom is 0.294 e. The van der Waals surface area contributed by atoms with Gasteiger partial charge in [-0.2, -0.15) is 0 Å². The maximum absolute atomic E-state index is 12.0. The Hall–Kier alpha value is -1.12. The summed E-state index contributed by atoms with van der Waals surface area (Å²) in [5, 5.41) is 0. The number of hydrogen-bond acceptors (Lipinski definition) is 2. The van der Waals surface area contributed by atoms with Gasteiger partial charge in [0.25, 0.3) is 5.91 Å². The lowest BCUT2D eigenvalue weighted by molar-refractivity contribution is -0.144. The lowest BCUT2D eigenvalue weighted by Crippen LogP contribution is -2.41. The average Bonchev–Trinajstić information content (AvgIpc) is 3.11. The van der Waals surface area contributed by atoms with E-state index in [4.69, 9.17) is 0 Å². The van der Waals surface area contributed by atoms with Crippen molar-refractivity contribution in [1.82, 2.24) is 4.90 Å². The zero-order chi connectivity index (χ0) is 11.8. The van der Waals surface area contributed by atoms with Crippen LogP contribution in [0.4, 0.5) is 0 Å². The van der Waals surface area contributed by atoms with E-state index in [2.05, 4.69) is 0 Å². The Labute approximate surface area is 102 Å². The Balaban J connectivity index is 1.89. The van der Waals surface area contributed by atoms with Gasteiger partial charge < -0.3 is 4.90 Å². The molecule has 0 aromatic carbocycles. The molecule has 0 N–H and O–H groups in total. The third-order valence-corrected chi connectivity index (χ3v) is 4.12. The van der Waals surface area contributed by atoms with Crippen LogP contribution in [0.1, 0.15) is 51.4 Å². The van der Waals surface area contributed by atoms with Gasteiger partial charge in [-0.05, 0) is 50.0 Å². The summed E-state index contributed by atoms with van der Waals surface area (Å²) in [6.45, 7) is 0.795. The number of ketones is 1. The van der Waals surface area contributed by atoms with Gasteiger partial charge in [-0.15, -0.1) is 0 Å². The Bertz CT molecular complexity index is 393. The maximum atomic E-state index is 12.0. The molecule has 0 bridgehead atoms. The molecule has 0 unspecified atom stereocenters. The standard InChI is InChI=1S/C14H19NO2/c16-13-8-11-4-2-1-3-5-12(11)15(14(13)17)9-10-6-7-10/h10H,1-9H2. The van der Waals surface area contributed by atoms with Crippen LogP contribution in [0.25, 0.3) is 0 Å². The second-order valence-corrected chi connectivity index (χ2v) is 5.57. The van der Waals surface area contributed by atoms with Crippen molar-refractivity contribution in [2.75, 3.05) is 6.54 Å². The van der Waals surface area contributed by atoms with E-state index in [0.29, 0.717) is 12.3 Å². The van der Waals surface area contributed by atoms with Gasteiger partial charge in [0.1, 0.15) is 0 Å². The van der Waals surface area contributed by atoms with Crippen LogP contribution >= 0.6 is 0 Å². The molecule has 0 spiro atoms. The predicted octanol–water partition coefficient (Wildman–Crippen LogP) is 2.42. The fourth-order valence-corrected chi connectivity index (χ4v) is 2.94. The van der Waals surface area contributed by atoms with Crippen LogP contribution in [0.5, 0.6) is 0 Å². The summed E-state index contributed by atoms with van der Waals surface area (Å²) < 4.78 is 0. The smallest absolute Gasteiger partial charge is 0.294 e. The van der Waals surface area contributed by atoms with Gasteiger partial charge in [-0.3, -0.25) is 9.59 Å². The summed E-state index contributed by atoms with van der Waals surface area (Å²) in [4.78, 5) is 25.6. The minimum Gasteiger partial charge on any atom is -0.309 e. The number of hydrogen-bond donors (Lipinski definition) is 0. The number of nitrogens with zero attached hydrogens (tertiary/aromatic N) is 1. The Morgan fingerprint density at radius 2 is 1.82 bits per heavy atom. The SMILES string of the molecule is O=C1CC2=C(CCCCC2)N(CC2CC2)C1=O. The molecule has 2 aliphatic carbocycles. The van der Waals surface area contributed by atoms with Crippen LogP contribution in [-0.4, -0.2) is 23.1 Å². The average molecular weight is 233 g/mol. The van der Waals surface area contributed by atoms with E-state index in [0.717, 1.165) is 19.4 Å². The number of carbonyl (C=O) groups is 2. The van der Waals surface area contributed by atoms with Crippen molar-refractivity contribution in [3.63, 3.8) is 0 Å². The second-order valence-electron chi connectivity index (χ2n) is 5.57. The van der Waals surface area contributed by atoms with Crippen molar-refractivity contribution in [2.45, 2.75) is 51.4 Å². The Morgan fingerprint density at radius 1 is 1.06 bits per heavy atom. The molecule has 1 saturated carbocycles. The molecule has 3 rings (SSSR count). The van der Waals surface area contributed by atoms with Crippen molar-refractivity contribution < 1.29 is 9.59 Å². The number of rotatable bonds is 2. The van der Waals surface area contributed by atoms with Gasteiger partial charge in [0, 0.05) is 18.7 Å². The minimum absolute atomic E-state index is 0.189. The van der Waals surface area contributed by atoms with E-state index < -0.39 is 0 Å². The van der Waals surface area contributed by atoms with Crippen LogP contribution < -0.4 is 0 Å². The summed E-state index contributed by atoms with van der Waals surface area (Å²) >= 11 is 0. The van der Waals surface area contributed by atoms with E-state index in [9.17, 15) is 9.59 Å². The largest absolute Gasteiger partial charge is 0.309 e. The second kappa shape index (κ2) is 4.28. The van der Waals surface area contributed by atoms with Gasteiger partial charge in [0.2, 0.25) is 5.78 Å². The molecule has 3 nitrogen and oxygen atoms in total. The third kappa shape index (κ3) is 2.15. The van der Waals surface area contributed by atoms with Crippen molar-refractivity contribution in [2.24, 2.45) is 5.92 Å². The van der Waals surface area contributed by atoms with E-state index in [1.54, 1.807) is 0 Å². The highest BCUT2D eigenvalue weighted by Crippen LogP contribution is 2.36. The van der Waals surface area contributed by atoms with Gasteiger partial charge in [-0.25, -0.2) is 0 Å². The summed E-state index contributed by atoms with van der Waals surface area (Å²) in [6, 6.07) is 0. The number of amides is 1. The first-order chi connectivity index (χ1) is 8.25. The Kier molecular flexibility index (Phi) is 2.77. The molecule has 1 amide bonds. The van der Waals surface area contributed by atoms with Crippen molar-refractivity contribution in [3.05, 3.63) is 11.3 Å². The molecular formula is C14H19NO2. The van der Waals surface area contributed by atoms with Crippen molar-refractivity contribution in [3.8, 4) is 0 Å². The first-order valence-electron chi connectivity index (χ1n) is 6.81. The minimum atomic E-state index is -0.238. The molecule has 3 heteroatoms. The summed E-state index contributed by atoms with van der Waals surface area (Å²) in [7, 11) is 0. The van der Waals surface area contributed by atoms with Crippen LogP contribution in [-0.2, 0) is 9.59 Å². The van der Waals surface area contributed by atoms with Crippen LogP contribution in [0, 0.1) is 5.92 Å². The van der Waals surface area contributed by atoms with E-state index in [-0.39, 0.29) is 11.7 Å². The number of Topliss-reactive ketones (excluding diaryl/α,β-unsaturated/α-hetero) is 1. The third-order valence-electron chi connectivity index (χ3n) is 4.12. The lowest BCUT2D eigenvalue weighted by atomic mass is 9.96. The molecule has 1 fully saturated rings. The molecule has 0 saturated heterocycles. The number of carbonyl (C=O) groups excluding carboxylic acids is 2. The molecule has 1 heterocycles. The highest BCUT2D eigenvalue weighted by molar-refractivity contribution is 6.37. The summed E-state index contributed by atoms with van der Waals surface area (Å²) in [6.07, 6.45) is 8.44. The molecule has 92 valence electrons. The fourth-order valence-electron chi connectivity index (χ4n) is 2.94. The molecule has 1 aliphatic heterocycles. The molecule has 3 aliphatic rings. The zero-order valence-corrected chi connectivity index (χ0v) is 10.2. The molecule has 0 atom stereocenters.